The molecule has 0 bridgehead atoms. The molecule has 1 saturated heterocycles. The Labute approximate surface area is 122 Å². The fraction of sp³-hybridized carbons (Fsp3) is 0.933. The van der Waals surface area contributed by atoms with E-state index in [9.17, 15) is 4.79 Å². The van der Waals surface area contributed by atoms with Crippen LogP contribution in [0, 0.1) is 0 Å². The third-order valence-electron chi connectivity index (χ3n) is 3.90. The molecular weight excluding hydrogens is 256 g/mol. The van der Waals surface area contributed by atoms with Crippen LogP contribution in [0.5, 0.6) is 0 Å². The number of carbonyl (C=O) groups is 1. The van der Waals surface area contributed by atoms with Crippen LogP contribution < -0.4 is 5.32 Å². The van der Waals surface area contributed by atoms with E-state index in [0.29, 0.717) is 0 Å². The highest BCUT2D eigenvalue weighted by atomic mass is 16.6. The van der Waals surface area contributed by atoms with Crippen LogP contribution in [0.15, 0.2) is 0 Å². The van der Waals surface area contributed by atoms with Crippen molar-refractivity contribution >= 4 is 5.97 Å². The van der Waals surface area contributed by atoms with Gasteiger partial charge in [0, 0.05) is 32.7 Å². The summed E-state index contributed by atoms with van der Waals surface area (Å²) >= 11 is 0. The highest BCUT2D eigenvalue weighted by Gasteiger charge is 2.40. The van der Waals surface area contributed by atoms with Crippen LogP contribution in [0.3, 0.4) is 0 Å². The Morgan fingerprint density at radius 1 is 1.25 bits per heavy atom. The molecule has 0 atom stereocenters. The number of hydrogen-bond donors (Lipinski definition) is 1. The van der Waals surface area contributed by atoms with Crippen molar-refractivity contribution < 1.29 is 14.3 Å². The van der Waals surface area contributed by atoms with Crippen molar-refractivity contribution in [3.05, 3.63) is 0 Å². The summed E-state index contributed by atoms with van der Waals surface area (Å²) in [6.07, 6.45) is 3.31. The zero-order valence-corrected chi connectivity index (χ0v) is 13.0. The average Bonchev–Trinajstić information content (AvgIpc) is 2.31. The minimum absolute atomic E-state index is 0.0728. The molecule has 0 aromatic rings. The van der Waals surface area contributed by atoms with Crippen LogP contribution in [0.25, 0.3) is 0 Å². The van der Waals surface area contributed by atoms with E-state index in [1.54, 1.807) is 0 Å². The van der Waals surface area contributed by atoms with E-state index < -0.39 is 5.60 Å². The molecule has 0 amide bonds. The van der Waals surface area contributed by atoms with Crippen molar-refractivity contribution in [2.75, 3.05) is 39.3 Å². The smallest absolute Gasteiger partial charge is 0.332 e. The average molecular weight is 284 g/mol. The Morgan fingerprint density at radius 2 is 1.90 bits per heavy atom. The summed E-state index contributed by atoms with van der Waals surface area (Å²) < 4.78 is 11.2. The van der Waals surface area contributed by atoms with Crippen molar-refractivity contribution in [1.82, 2.24) is 10.2 Å². The van der Waals surface area contributed by atoms with Crippen molar-refractivity contribution in [1.29, 1.82) is 0 Å². The molecule has 1 aliphatic carbocycles. The lowest BCUT2D eigenvalue weighted by molar-refractivity contribution is -0.175. The van der Waals surface area contributed by atoms with Gasteiger partial charge in [0.15, 0.2) is 0 Å². The van der Waals surface area contributed by atoms with Gasteiger partial charge >= 0.3 is 5.97 Å². The lowest BCUT2D eigenvalue weighted by Crippen LogP contribution is -2.55. The third kappa shape index (κ3) is 4.72. The molecule has 0 aromatic carbocycles. The molecular formula is C15H28N2O3. The van der Waals surface area contributed by atoms with Crippen LogP contribution in [0.2, 0.25) is 0 Å². The molecule has 5 heteroatoms. The predicted molar refractivity (Wildman–Crippen MR) is 77.7 cm³/mol. The SMILES string of the molecule is CC(C)(C)OC(=O)COC1(CN2CCNCC2)CCC1. The maximum Gasteiger partial charge on any atom is 0.332 e. The van der Waals surface area contributed by atoms with Gasteiger partial charge in [-0.05, 0) is 40.0 Å². The number of carbonyl (C=O) groups excluding carboxylic acids is 1. The van der Waals surface area contributed by atoms with E-state index in [0.717, 1.165) is 45.6 Å². The zero-order valence-electron chi connectivity index (χ0n) is 13.0. The van der Waals surface area contributed by atoms with Crippen molar-refractivity contribution in [3.63, 3.8) is 0 Å². The van der Waals surface area contributed by atoms with E-state index in [1.807, 2.05) is 20.8 Å². The van der Waals surface area contributed by atoms with E-state index >= 15 is 0 Å². The summed E-state index contributed by atoms with van der Waals surface area (Å²) in [6.45, 7) is 10.9. The van der Waals surface area contributed by atoms with Crippen molar-refractivity contribution in [2.24, 2.45) is 0 Å². The second-order valence-corrected chi connectivity index (χ2v) is 6.94. The molecule has 5 nitrogen and oxygen atoms in total. The van der Waals surface area contributed by atoms with E-state index in [2.05, 4.69) is 10.2 Å². The van der Waals surface area contributed by atoms with Gasteiger partial charge in [0.2, 0.25) is 0 Å². The van der Waals surface area contributed by atoms with Gasteiger partial charge in [0.1, 0.15) is 12.2 Å². The number of esters is 1. The van der Waals surface area contributed by atoms with Crippen molar-refractivity contribution in [3.8, 4) is 0 Å². The second kappa shape index (κ2) is 6.41. The second-order valence-electron chi connectivity index (χ2n) is 6.94. The fourth-order valence-electron chi connectivity index (χ4n) is 2.78. The van der Waals surface area contributed by atoms with Crippen LogP contribution in [0.4, 0.5) is 0 Å². The molecule has 0 unspecified atom stereocenters. The number of nitrogens with zero attached hydrogens (tertiary/aromatic N) is 1. The van der Waals surface area contributed by atoms with Crippen molar-refractivity contribution in [2.45, 2.75) is 51.2 Å². The van der Waals surface area contributed by atoms with Gasteiger partial charge in [-0.2, -0.15) is 0 Å². The molecule has 0 spiro atoms. The lowest BCUT2D eigenvalue weighted by Gasteiger charge is -2.45. The van der Waals surface area contributed by atoms with Gasteiger partial charge in [0.25, 0.3) is 0 Å². The van der Waals surface area contributed by atoms with Gasteiger partial charge in [0.05, 0.1) is 5.60 Å². The lowest BCUT2D eigenvalue weighted by atomic mass is 9.79. The topological polar surface area (TPSA) is 50.8 Å². The first-order valence-corrected chi connectivity index (χ1v) is 7.68. The van der Waals surface area contributed by atoms with E-state index in [4.69, 9.17) is 9.47 Å². The molecule has 1 aliphatic heterocycles. The normalized spacial score (nSPS) is 23.1. The van der Waals surface area contributed by atoms with Crippen LogP contribution >= 0.6 is 0 Å². The Kier molecular flexibility index (Phi) is 5.04. The number of ether oxygens (including phenoxy) is 2. The number of rotatable bonds is 5. The Bertz CT molecular complexity index is 329. The van der Waals surface area contributed by atoms with Crippen LogP contribution in [0.1, 0.15) is 40.0 Å². The number of hydrogen-bond acceptors (Lipinski definition) is 5. The summed E-state index contributed by atoms with van der Waals surface area (Å²) in [5.74, 6) is -0.260. The Morgan fingerprint density at radius 3 is 2.40 bits per heavy atom. The number of nitrogens with one attached hydrogen (secondary N) is 1. The summed E-state index contributed by atoms with van der Waals surface area (Å²) in [6, 6.07) is 0. The molecule has 2 aliphatic rings. The first-order chi connectivity index (χ1) is 9.39. The minimum Gasteiger partial charge on any atom is -0.458 e. The quantitative estimate of drug-likeness (QED) is 0.768. The van der Waals surface area contributed by atoms with Crippen LogP contribution in [-0.4, -0.2) is 61.4 Å². The molecule has 2 fully saturated rings. The summed E-state index contributed by atoms with van der Waals surface area (Å²) in [4.78, 5) is 14.2. The monoisotopic (exact) mass is 284 g/mol. The highest BCUT2D eigenvalue weighted by Crippen LogP contribution is 2.36. The number of piperazine rings is 1. The summed E-state index contributed by atoms with van der Waals surface area (Å²) in [7, 11) is 0. The molecule has 1 N–H and O–H groups in total. The van der Waals surface area contributed by atoms with E-state index in [-0.39, 0.29) is 18.2 Å². The Hall–Kier alpha value is -0.650. The van der Waals surface area contributed by atoms with Gasteiger partial charge < -0.3 is 14.8 Å². The van der Waals surface area contributed by atoms with E-state index in [1.165, 1.54) is 6.42 Å². The third-order valence-corrected chi connectivity index (χ3v) is 3.90. The molecule has 1 saturated carbocycles. The molecule has 1 heterocycles. The Balaban J connectivity index is 1.77. The molecule has 0 aromatic heterocycles. The van der Waals surface area contributed by atoms with Crippen LogP contribution in [-0.2, 0) is 14.3 Å². The zero-order chi connectivity index (χ0) is 14.6. The maximum absolute atomic E-state index is 11.8. The standard InChI is InChI=1S/C15H28N2O3/c1-14(2,3)20-13(18)11-19-15(5-4-6-15)12-17-9-7-16-8-10-17/h16H,4-12H2,1-3H3. The van der Waals surface area contributed by atoms with Gasteiger partial charge in [-0.15, -0.1) is 0 Å². The molecule has 2 rings (SSSR count). The molecule has 116 valence electrons. The van der Waals surface area contributed by atoms with Gasteiger partial charge in [-0.25, -0.2) is 4.79 Å². The predicted octanol–water partition coefficient (Wildman–Crippen LogP) is 1.17. The highest BCUT2D eigenvalue weighted by molar-refractivity contribution is 5.71. The maximum atomic E-state index is 11.8. The molecule has 0 radical (unpaired) electrons. The summed E-state index contributed by atoms with van der Waals surface area (Å²) in [5, 5.41) is 3.36. The largest absolute Gasteiger partial charge is 0.458 e. The first-order valence-electron chi connectivity index (χ1n) is 7.68. The molecule has 20 heavy (non-hydrogen) atoms. The van der Waals surface area contributed by atoms with Gasteiger partial charge in [-0.1, -0.05) is 0 Å². The minimum atomic E-state index is -0.439. The first kappa shape index (κ1) is 15.7. The summed E-state index contributed by atoms with van der Waals surface area (Å²) in [5.41, 5.74) is -0.556. The fourth-order valence-corrected chi connectivity index (χ4v) is 2.78. The van der Waals surface area contributed by atoms with Gasteiger partial charge in [-0.3, -0.25) is 4.90 Å².